The summed E-state index contributed by atoms with van der Waals surface area (Å²) in [4.78, 5) is 25.8. The number of carbonyl (C=O) groups excluding carboxylic acids is 2. The van der Waals surface area contributed by atoms with E-state index in [1.165, 1.54) is 80.9 Å². The minimum Gasteiger partial charge on any atom is -0.451 e. The first-order valence-electron chi connectivity index (χ1n) is 17.0. The summed E-state index contributed by atoms with van der Waals surface area (Å²) in [6.07, 6.45) is 16.8. The van der Waals surface area contributed by atoms with Gasteiger partial charge in [0.1, 0.15) is 0 Å². The van der Waals surface area contributed by atoms with Crippen molar-refractivity contribution in [1.82, 2.24) is 0 Å². The number of hydrogen-bond acceptors (Lipinski definition) is 3. The van der Waals surface area contributed by atoms with Crippen LogP contribution in [0.4, 0.5) is 0 Å². The van der Waals surface area contributed by atoms with Crippen molar-refractivity contribution in [2.45, 2.75) is 124 Å². The van der Waals surface area contributed by atoms with Gasteiger partial charge in [-0.2, -0.15) is 0 Å². The molecule has 3 aromatic carbocycles. The van der Waals surface area contributed by atoms with E-state index in [1.807, 2.05) is 48.5 Å². The lowest BCUT2D eigenvalue weighted by Gasteiger charge is -2.16. The third kappa shape index (κ3) is 11.4. The third-order valence-corrected chi connectivity index (χ3v) is 8.76. The predicted octanol–water partition coefficient (Wildman–Crippen LogP) is 11.2. The van der Waals surface area contributed by atoms with Crippen LogP contribution in [0.1, 0.15) is 137 Å². The van der Waals surface area contributed by atoms with E-state index < -0.39 is 12.1 Å². The number of Topliss-reactive ketones (excluding diaryl/α,β-unsaturated/α-hetero) is 1. The Morgan fingerprint density at radius 2 is 1.28 bits per heavy atom. The van der Waals surface area contributed by atoms with E-state index in [-0.39, 0.29) is 5.78 Å². The molecule has 0 aliphatic carbocycles. The fourth-order valence-corrected chi connectivity index (χ4v) is 5.89. The first kappa shape index (κ1) is 34.3. The van der Waals surface area contributed by atoms with Crippen molar-refractivity contribution in [3.05, 3.63) is 95.1 Å². The van der Waals surface area contributed by atoms with Gasteiger partial charge >= 0.3 is 5.97 Å². The van der Waals surface area contributed by atoms with Gasteiger partial charge in [-0.3, -0.25) is 4.79 Å². The molecule has 0 saturated carbocycles. The molecule has 0 amide bonds. The Hall–Kier alpha value is -3.20. The maximum atomic E-state index is 12.9. The maximum Gasteiger partial charge on any atom is 0.338 e. The lowest BCUT2D eigenvalue weighted by atomic mass is 9.90. The van der Waals surface area contributed by atoms with E-state index in [2.05, 4.69) is 45.0 Å². The fraction of sp³-hybridized carbons (Fsp3) is 0.500. The van der Waals surface area contributed by atoms with Gasteiger partial charge in [-0.1, -0.05) is 146 Å². The van der Waals surface area contributed by atoms with Crippen molar-refractivity contribution in [3.8, 4) is 11.1 Å². The monoisotopic (exact) mass is 582 g/mol. The summed E-state index contributed by atoms with van der Waals surface area (Å²) in [5.74, 6) is 0.164. The molecule has 2 unspecified atom stereocenters. The highest BCUT2D eigenvalue weighted by molar-refractivity contribution is 6.01. The molecule has 3 heteroatoms. The largest absolute Gasteiger partial charge is 0.451 e. The molecule has 0 N–H and O–H groups in total. The molecule has 0 aliphatic heterocycles. The molecule has 0 spiro atoms. The van der Waals surface area contributed by atoms with Crippen molar-refractivity contribution in [2.24, 2.45) is 5.92 Å². The highest BCUT2D eigenvalue weighted by Gasteiger charge is 2.20. The maximum absolute atomic E-state index is 12.9. The van der Waals surface area contributed by atoms with Crippen LogP contribution in [0, 0.1) is 5.92 Å². The molecule has 3 nitrogen and oxygen atoms in total. The Labute approximate surface area is 261 Å². The second-order valence-corrected chi connectivity index (χ2v) is 12.2. The van der Waals surface area contributed by atoms with Gasteiger partial charge < -0.3 is 4.74 Å². The average Bonchev–Trinajstić information content (AvgIpc) is 3.04. The molecule has 2 atom stereocenters. The van der Waals surface area contributed by atoms with Crippen LogP contribution in [-0.2, 0) is 17.6 Å². The SMILES string of the molecule is CCCCCCCCC(CC)CCCc1ccccc1-c1ccc(C(=O)OC(C)C(=O)c2ccc(CCCC)cc2)cc1. The van der Waals surface area contributed by atoms with Gasteiger partial charge in [-0.15, -0.1) is 0 Å². The van der Waals surface area contributed by atoms with Crippen LogP contribution in [0.15, 0.2) is 72.8 Å². The van der Waals surface area contributed by atoms with Gasteiger partial charge in [0.2, 0.25) is 5.78 Å². The molecular formula is C40H54O3. The number of ether oxygens (including phenoxy) is 1. The lowest BCUT2D eigenvalue weighted by Crippen LogP contribution is -2.24. The topological polar surface area (TPSA) is 43.4 Å². The normalized spacial score (nSPS) is 12.6. The molecule has 0 aliphatic rings. The van der Waals surface area contributed by atoms with Gasteiger partial charge in [-0.25, -0.2) is 4.79 Å². The Morgan fingerprint density at radius 1 is 0.651 bits per heavy atom. The lowest BCUT2D eigenvalue weighted by molar-refractivity contribution is 0.0319. The second kappa shape index (κ2) is 19.2. The van der Waals surface area contributed by atoms with Crippen LogP contribution in [-0.4, -0.2) is 17.9 Å². The van der Waals surface area contributed by atoms with Crippen LogP contribution in [0.3, 0.4) is 0 Å². The Bertz CT molecular complexity index is 1230. The number of benzene rings is 3. The van der Waals surface area contributed by atoms with Crippen LogP contribution in [0.2, 0.25) is 0 Å². The van der Waals surface area contributed by atoms with E-state index in [0.29, 0.717) is 11.1 Å². The number of esters is 1. The first-order chi connectivity index (χ1) is 21.0. The molecule has 232 valence electrons. The molecule has 0 aromatic heterocycles. The summed E-state index contributed by atoms with van der Waals surface area (Å²) < 4.78 is 5.57. The summed E-state index contributed by atoms with van der Waals surface area (Å²) >= 11 is 0. The van der Waals surface area contributed by atoms with Crippen molar-refractivity contribution < 1.29 is 14.3 Å². The van der Waals surface area contributed by atoms with Crippen LogP contribution in [0.5, 0.6) is 0 Å². The van der Waals surface area contributed by atoms with E-state index in [1.54, 1.807) is 6.92 Å². The third-order valence-electron chi connectivity index (χ3n) is 8.76. The van der Waals surface area contributed by atoms with Gasteiger partial charge in [0.15, 0.2) is 6.10 Å². The van der Waals surface area contributed by atoms with E-state index in [9.17, 15) is 9.59 Å². The quantitative estimate of drug-likeness (QED) is 0.0756. The van der Waals surface area contributed by atoms with Crippen molar-refractivity contribution in [1.29, 1.82) is 0 Å². The van der Waals surface area contributed by atoms with Crippen molar-refractivity contribution >= 4 is 11.8 Å². The summed E-state index contributed by atoms with van der Waals surface area (Å²) in [5, 5.41) is 0. The zero-order chi connectivity index (χ0) is 30.9. The zero-order valence-electron chi connectivity index (χ0n) is 27.2. The van der Waals surface area contributed by atoms with Gasteiger partial charge in [0.25, 0.3) is 0 Å². The zero-order valence-corrected chi connectivity index (χ0v) is 27.2. The van der Waals surface area contributed by atoms with Crippen LogP contribution in [0.25, 0.3) is 11.1 Å². The molecule has 43 heavy (non-hydrogen) atoms. The molecule has 0 saturated heterocycles. The van der Waals surface area contributed by atoms with E-state index in [0.717, 1.165) is 37.2 Å². The summed E-state index contributed by atoms with van der Waals surface area (Å²) in [6, 6.07) is 23.9. The summed E-state index contributed by atoms with van der Waals surface area (Å²) in [6.45, 7) is 8.43. The minimum absolute atomic E-state index is 0.182. The standard InChI is InChI=1S/C40H54O3/c1-5-8-10-11-12-13-18-32(7-3)19-16-21-34-20-14-15-22-38(34)35-27-29-37(30-28-35)40(42)43-31(4)39(41)36-25-23-33(24-26-36)17-9-6-2/h14-15,20,22-32H,5-13,16-19,21H2,1-4H3. The highest BCUT2D eigenvalue weighted by atomic mass is 16.5. The van der Waals surface area contributed by atoms with Crippen LogP contribution < -0.4 is 0 Å². The molecule has 0 bridgehead atoms. The first-order valence-corrected chi connectivity index (χ1v) is 17.0. The molecule has 3 rings (SSSR count). The number of unbranched alkanes of at least 4 members (excludes halogenated alkanes) is 6. The number of aryl methyl sites for hydroxylation is 2. The smallest absolute Gasteiger partial charge is 0.338 e. The van der Waals surface area contributed by atoms with Gasteiger partial charge in [0, 0.05) is 5.56 Å². The average molecular weight is 583 g/mol. The van der Waals surface area contributed by atoms with Gasteiger partial charge in [-0.05, 0) is 72.9 Å². The fourth-order valence-electron chi connectivity index (χ4n) is 5.89. The molecule has 0 radical (unpaired) electrons. The highest BCUT2D eigenvalue weighted by Crippen LogP contribution is 2.27. The van der Waals surface area contributed by atoms with Crippen molar-refractivity contribution in [2.75, 3.05) is 0 Å². The minimum atomic E-state index is -0.845. The molecule has 0 fully saturated rings. The number of rotatable bonds is 20. The predicted molar refractivity (Wildman–Crippen MR) is 181 cm³/mol. The molecule has 3 aromatic rings. The Kier molecular flexibility index (Phi) is 15.3. The molecule has 0 heterocycles. The van der Waals surface area contributed by atoms with Crippen molar-refractivity contribution in [3.63, 3.8) is 0 Å². The molecular weight excluding hydrogens is 528 g/mol. The summed E-state index contributed by atoms with van der Waals surface area (Å²) in [7, 11) is 0. The van der Waals surface area contributed by atoms with Gasteiger partial charge in [0.05, 0.1) is 5.56 Å². The second-order valence-electron chi connectivity index (χ2n) is 12.2. The van der Waals surface area contributed by atoms with E-state index in [4.69, 9.17) is 4.74 Å². The van der Waals surface area contributed by atoms with E-state index >= 15 is 0 Å². The number of carbonyl (C=O) groups is 2. The number of ketones is 1. The summed E-state index contributed by atoms with van der Waals surface area (Å²) in [5.41, 5.74) is 5.91. The Morgan fingerprint density at radius 3 is 1.98 bits per heavy atom. The van der Waals surface area contributed by atoms with Crippen LogP contribution >= 0.6 is 0 Å². The number of hydrogen-bond donors (Lipinski definition) is 0. The Balaban J connectivity index is 1.52.